The molecule has 1 aliphatic heterocycles. The lowest BCUT2D eigenvalue weighted by Crippen LogP contribution is -2.41. The molecule has 132 valence electrons. The number of hydrogen-bond donors (Lipinski definition) is 0. The van der Waals surface area contributed by atoms with Crippen LogP contribution in [0.1, 0.15) is 26.7 Å². The molecule has 0 spiro atoms. The van der Waals surface area contributed by atoms with E-state index in [9.17, 15) is 13.2 Å². The maximum atomic E-state index is 12.9. The van der Waals surface area contributed by atoms with Crippen molar-refractivity contribution in [1.29, 1.82) is 0 Å². The zero-order valence-corrected chi connectivity index (χ0v) is 15.1. The number of amides is 1. The Morgan fingerprint density at radius 3 is 2.20 bits per heavy atom. The molecule has 2 aromatic carbocycles. The number of sulfonamides is 1. The molecule has 0 aromatic heterocycles. The van der Waals surface area contributed by atoms with Crippen LogP contribution in [-0.2, 0) is 19.6 Å². The van der Waals surface area contributed by atoms with Crippen LogP contribution in [-0.4, -0.2) is 31.0 Å². The van der Waals surface area contributed by atoms with E-state index in [2.05, 4.69) is 0 Å². The average molecular weight is 359 g/mol. The van der Waals surface area contributed by atoms with E-state index in [1.54, 1.807) is 12.1 Å². The van der Waals surface area contributed by atoms with Gasteiger partial charge in [0.2, 0.25) is 5.91 Å². The first-order chi connectivity index (χ1) is 11.9. The summed E-state index contributed by atoms with van der Waals surface area (Å²) in [5.74, 6) is -0.419. The van der Waals surface area contributed by atoms with E-state index in [4.69, 9.17) is 4.74 Å². The van der Waals surface area contributed by atoms with E-state index in [0.29, 0.717) is 6.42 Å². The van der Waals surface area contributed by atoms with Gasteiger partial charge in [-0.05, 0) is 37.1 Å². The van der Waals surface area contributed by atoms with E-state index >= 15 is 0 Å². The minimum absolute atomic E-state index is 0.0970. The molecule has 1 amide bonds. The van der Waals surface area contributed by atoms with E-state index in [-0.39, 0.29) is 17.4 Å². The Labute approximate surface area is 148 Å². The van der Waals surface area contributed by atoms with Crippen LogP contribution in [0.5, 0.6) is 0 Å². The Balaban J connectivity index is 1.90. The van der Waals surface area contributed by atoms with Gasteiger partial charge in [-0.25, -0.2) is 12.7 Å². The maximum absolute atomic E-state index is 12.9. The number of carbonyl (C=O) groups is 1. The van der Waals surface area contributed by atoms with Crippen LogP contribution in [0.2, 0.25) is 0 Å². The van der Waals surface area contributed by atoms with Crippen molar-refractivity contribution in [2.24, 2.45) is 0 Å². The first kappa shape index (κ1) is 17.6. The van der Waals surface area contributed by atoms with Gasteiger partial charge in [-0.1, -0.05) is 42.5 Å². The summed E-state index contributed by atoms with van der Waals surface area (Å²) in [6.45, 7) is 3.64. The van der Waals surface area contributed by atoms with Gasteiger partial charge in [0.15, 0.2) is 0 Å². The zero-order valence-electron chi connectivity index (χ0n) is 14.3. The Kier molecular flexibility index (Phi) is 4.92. The van der Waals surface area contributed by atoms with Crippen LogP contribution < -0.4 is 0 Å². The van der Waals surface area contributed by atoms with Gasteiger partial charge < -0.3 is 4.74 Å². The Bertz CT molecular complexity index is 845. The highest BCUT2D eigenvalue weighted by atomic mass is 32.2. The van der Waals surface area contributed by atoms with E-state index in [1.807, 2.05) is 44.2 Å². The fraction of sp³-hybridized carbons (Fsp3) is 0.316. The van der Waals surface area contributed by atoms with E-state index in [0.717, 1.165) is 15.4 Å². The quantitative estimate of drug-likeness (QED) is 0.821. The summed E-state index contributed by atoms with van der Waals surface area (Å²) >= 11 is 0. The normalized spacial score (nSPS) is 18.1. The van der Waals surface area contributed by atoms with Crippen molar-refractivity contribution in [1.82, 2.24) is 4.31 Å². The number of ether oxygens (including phenoxy) is 1. The topological polar surface area (TPSA) is 63.7 Å². The van der Waals surface area contributed by atoms with Crippen molar-refractivity contribution in [3.8, 4) is 11.1 Å². The van der Waals surface area contributed by atoms with Crippen LogP contribution in [0.3, 0.4) is 0 Å². The largest absolute Gasteiger partial charge is 0.355 e. The third-order valence-corrected chi connectivity index (χ3v) is 5.88. The van der Waals surface area contributed by atoms with Crippen molar-refractivity contribution in [2.45, 2.75) is 43.9 Å². The third kappa shape index (κ3) is 3.60. The molecular formula is C19H21NO4S. The molecule has 2 aromatic rings. The Morgan fingerprint density at radius 2 is 1.60 bits per heavy atom. The smallest absolute Gasteiger partial charge is 0.268 e. The van der Waals surface area contributed by atoms with Crippen molar-refractivity contribution in [2.75, 3.05) is 0 Å². The van der Waals surface area contributed by atoms with Gasteiger partial charge in [0, 0.05) is 12.8 Å². The molecular weight excluding hydrogens is 338 g/mol. The standard InChI is InChI=1S/C19H21NO4S/c1-14(2)24-19-13-12-18(21)20(19)25(22,23)17-10-8-16(9-11-17)15-6-4-3-5-7-15/h3-11,14,19H,12-13H2,1-2H3. The predicted octanol–water partition coefficient (Wildman–Crippen LogP) is 3.42. The van der Waals surface area contributed by atoms with Crippen LogP contribution >= 0.6 is 0 Å². The summed E-state index contributed by atoms with van der Waals surface area (Å²) in [6.07, 6.45) is -0.322. The lowest BCUT2D eigenvalue weighted by molar-refractivity contribution is -0.129. The second-order valence-corrected chi connectivity index (χ2v) is 8.08. The van der Waals surface area contributed by atoms with Gasteiger partial charge in [0.1, 0.15) is 6.23 Å². The molecule has 0 aliphatic carbocycles. The Morgan fingerprint density at radius 1 is 1.00 bits per heavy atom. The summed E-state index contributed by atoms with van der Waals surface area (Å²) in [5, 5.41) is 0. The molecule has 3 rings (SSSR count). The number of rotatable bonds is 5. The highest BCUT2D eigenvalue weighted by Crippen LogP contribution is 2.29. The molecule has 1 aliphatic rings. The summed E-state index contributed by atoms with van der Waals surface area (Å²) in [7, 11) is -3.92. The van der Waals surface area contributed by atoms with Crippen molar-refractivity contribution in [3.63, 3.8) is 0 Å². The molecule has 0 saturated carbocycles. The third-order valence-electron chi connectivity index (χ3n) is 4.06. The number of nitrogens with zero attached hydrogens (tertiary/aromatic N) is 1. The molecule has 1 saturated heterocycles. The van der Waals surface area contributed by atoms with Gasteiger partial charge >= 0.3 is 0 Å². The molecule has 5 nitrogen and oxygen atoms in total. The molecule has 1 unspecified atom stereocenters. The van der Waals surface area contributed by atoms with Gasteiger partial charge in [-0.15, -0.1) is 0 Å². The predicted molar refractivity (Wildman–Crippen MR) is 95.2 cm³/mol. The monoisotopic (exact) mass is 359 g/mol. The summed E-state index contributed by atoms with van der Waals surface area (Å²) < 4.78 is 32.3. The van der Waals surface area contributed by atoms with Crippen LogP contribution in [0.4, 0.5) is 0 Å². The number of carbonyl (C=O) groups excluding carboxylic acids is 1. The lowest BCUT2D eigenvalue weighted by Gasteiger charge is -2.26. The molecule has 6 heteroatoms. The molecule has 1 atom stereocenters. The summed E-state index contributed by atoms with van der Waals surface area (Å²) in [4.78, 5) is 12.2. The van der Waals surface area contributed by atoms with Gasteiger partial charge in [-0.2, -0.15) is 0 Å². The molecule has 1 fully saturated rings. The molecule has 0 N–H and O–H groups in total. The highest BCUT2D eigenvalue weighted by molar-refractivity contribution is 7.89. The number of benzene rings is 2. The van der Waals surface area contributed by atoms with Crippen LogP contribution in [0, 0.1) is 0 Å². The fourth-order valence-electron chi connectivity index (χ4n) is 2.92. The zero-order chi connectivity index (χ0) is 18.0. The van der Waals surface area contributed by atoms with E-state index < -0.39 is 22.2 Å². The minimum Gasteiger partial charge on any atom is -0.355 e. The van der Waals surface area contributed by atoms with Crippen molar-refractivity contribution in [3.05, 3.63) is 54.6 Å². The average Bonchev–Trinajstić information content (AvgIpc) is 2.96. The lowest BCUT2D eigenvalue weighted by atomic mass is 10.1. The second-order valence-electron chi connectivity index (χ2n) is 6.26. The second kappa shape index (κ2) is 6.98. The number of hydrogen-bond acceptors (Lipinski definition) is 4. The van der Waals surface area contributed by atoms with Gasteiger partial charge in [0.25, 0.3) is 10.0 Å². The van der Waals surface area contributed by atoms with Crippen LogP contribution in [0.15, 0.2) is 59.5 Å². The Hall–Kier alpha value is -2.18. The summed E-state index contributed by atoms with van der Waals surface area (Å²) in [5.41, 5.74) is 1.92. The van der Waals surface area contributed by atoms with Gasteiger partial charge in [0.05, 0.1) is 11.0 Å². The van der Waals surface area contributed by atoms with Crippen molar-refractivity contribution >= 4 is 15.9 Å². The first-order valence-corrected chi connectivity index (χ1v) is 9.72. The molecule has 0 bridgehead atoms. The highest BCUT2D eigenvalue weighted by Gasteiger charge is 2.41. The minimum atomic E-state index is -3.92. The SMILES string of the molecule is CC(C)OC1CCC(=O)N1S(=O)(=O)c1ccc(-c2ccccc2)cc1. The molecule has 1 heterocycles. The maximum Gasteiger partial charge on any atom is 0.268 e. The summed E-state index contributed by atoms with van der Waals surface area (Å²) in [6, 6.07) is 16.3. The van der Waals surface area contributed by atoms with Crippen LogP contribution in [0.25, 0.3) is 11.1 Å². The van der Waals surface area contributed by atoms with Crippen molar-refractivity contribution < 1.29 is 17.9 Å². The first-order valence-electron chi connectivity index (χ1n) is 8.28. The van der Waals surface area contributed by atoms with E-state index in [1.165, 1.54) is 12.1 Å². The van der Waals surface area contributed by atoms with Gasteiger partial charge in [-0.3, -0.25) is 4.79 Å². The molecule has 25 heavy (non-hydrogen) atoms. The molecule has 0 radical (unpaired) electrons. The fourth-order valence-corrected chi connectivity index (χ4v) is 4.46.